The number of rotatable bonds is 9. The Kier molecular flexibility index (Phi) is 6.80. The summed E-state index contributed by atoms with van der Waals surface area (Å²) in [5.41, 5.74) is 4.25. The maximum atomic E-state index is 14.7. The molecular weight excluding hydrogens is 404 g/mol. The molecule has 9 heteroatoms. The Balaban J connectivity index is 1.87. The number of nitrogens with zero attached hydrogens (tertiary/aromatic N) is 3. The Bertz CT molecular complexity index is 726. The number of piperidine rings is 1. The number of nitrogens with one attached hydrogen (secondary N) is 1. The van der Waals surface area contributed by atoms with E-state index >= 15 is 0 Å². The summed E-state index contributed by atoms with van der Waals surface area (Å²) in [6, 6.07) is 0.757. The van der Waals surface area contributed by atoms with Gasteiger partial charge >= 0.3 is 6.03 Å². The summed E-state index contributed by atoms with van der Waals surface area (Å²) >= 11 is 0. The van der Waals surface area contributed by atoms with Gasteiger partial charge in [0.2, 0.25) is 11.8 Å². The molecule has 0 aromatic heterocycles. The lowest BCUT2D eigenvalue weighted by atomic mass is 9.60. The zero-order chi connectivity index (χ0) is 22.9. The molecule has 2 atom stereocenters. The molecule has 7 nitrogen and oxygen atoms in total. The molecule has 3 fully saturated rings. The molecule has 3 aliphatic rings. The summed E-state index contributed by atoms with van der Waals surface area (Å²) in [5, 5.41) is 12.1. The smallest absolute Gasteiger partial charge is 0.315 e. The molecule has 3 N–H and O–H groups in total. The Hall–Kier alpha value is -1.95. The van der Waals surface area contributed by atoms with Gasteiger partial charge in [-0.05, 0) is 51.7 Å². The van der Waals surface area contributed by atoms with Crippen molar-refractivity contribution in [2.75, 3.05) is 26.2 Å². The Morgan fingerprint density at radius 1 is 1.23 bits per heavy atom. The predicted octanol–water partition coefficient (Wildman–Crippen LogP) is 2.86. The van der Waals surface area contributed by atoms with E-state index in [1.165, 1.54) is 4.90 Å². The van der Waals surface area contributed by atoms with Crippen molar-refractivity contribution in [2.45, 2.75) is 82.7 Å². The maximum absolute atomic E-state index is 14.7. The lowest BCUT2D eigenvalue weighted by molar-refractivity contribution is -0.153. The predicted molar refractivity (Wildman–Crippen MR) is 112 cm³/mol. The number of nitriles is 1. The molecule has 2 saturated heterocycles. The van der Waals surface area contributed by atoms with E-state index in [0.717, 1.165) is 38.9 Å². The highest BCUT2D eigenvalue weighted by molar-refractivity contribution is 5.83. The van der Waals surface area contributed by atoms with Gasteiger partial charge in [-0.3, -0.25) is 4.79 Å². The number of urea groups is 1. The van der Waals surface area contributed by atoms with Crippen molar-refractivity contribution >= 4 is 11.9 Å². The molecule has 2 aliphatic heterocycles. The number of amides is 3. The third-order valence-corrected chi connectivity index (χ3v) is 7.30. The summed E-state index contributed by atoms with van der Waals surface area (Å²) in [6.07, 6.45) is 2.91. The minimum atomic E-state index is -3.02. The topological polar surface area (TPSA) is 102 Å². The van der Waals surface area contributed by atoms with Gasteiger partial charge in [-0.2, -0.15) is 5.26 Å². The van der Waals surface area contributed by atoms with Gasteiger partial charge in [0.1, 0.15) is 5.54 Å². The lowest BCUT2D eigenvalue weighted by Crippen LogP contribution is -2.73. The van der Waals surface area contributed by atoms with Gasteiger partial charge in [0, 0.05) is 24.8 Å². The first kappa shape index (κ1) is 23.7. The van der Waals surface area contributed by atoms with Crippen LogP contribution in [0.4, 0.5) is 13.6 Å². The number of likely N-dealkylation sites (tertiary alicyclic amines) is 2. The molecule has 1 saturated carbocycles. The van der Waals surface area contributed by atoms with Crippen LogP contribution in [0.5, 0.6) is 0 Å². The minimum Gasteiger partial charge on any atom is -0.351 e. The molecule has 1 spiro atoms. The summed E-state index contributed by atoms with van der Waals surface area (Å²) in [4.78, 5) is 29.1. The largest absolute Gasteiger partial charge is 0.351 e. The highest BCUT2D eigenvalue weighted by Gasteiger charge is 2.61. The van der Waals surface area contributed by atoms with E-state index in [4.69, 9.17) is 5.73 Å². The molecule has 2 heterocycles. The molecular formula is C22H35F2N5O2. The van der Waals surface area contributed by atoms with Crippen molar-refractivity contribution in [3.05, 3.63) is 0 Å². The van der Waals surface area contributed by atoms with Gasteiger partial charge in [-0.25, -0.2) is 13.6 Å². The highest BCUT2D eigenvalue weighted by Crippen LogP contribution is 2.51. The Labute approximate surface area is 183 Å². The zero-order valence-electron chi connectivity index (χ0n) is 18.6. The monoisotopic (exact) mass is 439 g/mol. The lowest BCUT2D eigenvalue weighted by Gasteiger charge is -2.62. The number of carbonyl (C=O) groups is 2. The van der Waals surface area contributed by atoms with Gasteiger partial charge in [-0.15, -0.1) is 0 Å². The average Bonchev–Trinajstić information content (AvgIpc) is 3.46. The van der Waals surface area contributed by atoms with E-state index in [-0.39, 0.29) is 11.8 Å². The van der Waals surface area contributed by atoms with Crippen LogP contribution in [0.1, 0.15) is 65.2 Å². The summed E-state index contributed by atoms with van der Waals surface area (Å²) in [5.74, 6) is -4.67. The second-order valence-corrected chi connectivity index (χ2v) is 9.71. The van der Waals surface area contributed by atoms with Crippen molar-refractivity contribution in [2.24, 2.45) is 17.1 Å². The first-order chi connectivity index (χ1) is 14.6. The number of hydrogen-bond donors (Lipinski definition) is 2. The SMILES string of the molecule is CCCN1CCC2(CC1)CN(C(N)=O)C2[C@H](CC(F)(F)CCC)C(=O)NC1(C#N)CC1. The van der Waals surface area contributed by atoms with E-state index in [0.29, 0.717) is 25.8 Å². The van der Waals surface area contributed by atoms with Crippen molar-refractivity contribution < 1.29 is 18.4 Å². The fraction of sp³-hybridized carbons (Fsp3) is 0.864. The zero-order valence-corrected chi connectivity index (χ0v) is 18.6. The number of alkyl halides is 2. The first-order valence-electron chi connectivity index (χ1n) is 11.5. The van der Waals surface area contributed by atoms with Crippen molar-refractivity contribution in [1.82, 2.24) is 15.1 Å². The molecule has 0 aromatic rings. The molecule has 174 valence electrons. The van der Waals surface area contributed by atoms with Gasteiger partial charge in [-0.1, -0.05) is 20.3 Å². The molecule has 0 radical (unpaired) electrons. The van der Waals surface area contributed by atoms with Crippen LogP contribution in [-0.4, -0.2) is 65.4 Å². The third kappa shape index (κ3) is 4.94. The standard InChI is InChI=1S/C22H35F2N5O2/c1-3-5-22(23,24)13-16(18(30)27-21(14-25)6-7-21)17-20(15-29(17)19(26)31)8-11-28(10-4-2)12-9-20/h16-17H,3-13,15H2,1-2H3,(H2,26,31)(H,27,30)/t16-,17?/m0/s1. The minimum absolute atomic E-state index is 0.296. The normalized spacial score (nSPS) is 25.4. The molecule has 31 heavy (non-hydrogen) atoms. The fourth-order valence-electron chi connectivity index (χ4n) is 5.46. The van der Waals surface area contributed by atoms with Crippen LogP contribution in [0.2, 0.25) is 0 Å². The molecule has 1 aliphatic carbocycles. The average molecular weight is 440 g/mol. The van der Waals surface area contributed by atoms with Crippen LogP contribution in [0.25, 0.3) is 0 Å². The molecule has 1 unspecified atom stereocenters. The van der Waals surface area contributed by atoms with Crippen LogP contribution in [0.15, 0.2) is 0 Å². The summed E-state index contributed by atoms with van der Waals surface area (Å²) in [6.45, 7) is 6.81. The summed E-state index contributed by atoms with van der Waals surface area (Å²) in [7, 11) is 0. The Morgan fingerprint density at radius 2 is 1.87 bits per heavy atom. The number of hydrogen-bond acceptors (Lipinski definition) is 4. The van der Waals surface area contributed by atoms with Crippen LogP contribution in [0, 0.1) is 22.7 Å². The molecule has 3 rings (SSSR count). The number of halogens is 2. The van der Waals surface area contributed by atoms with E-state index in [2.05, 4.69) is 23.2 Å². The van der Waals surface area contributed by atoms with Gasteiger partial charge in [0.25, 0.3) is 0 Å². The quantitative estimate of drug-likeness (QED) is 0.577. The van der Waals surface area contributed by atoms with Crippen LogP contribution >= 0.6 is 0 Å². The van der Waals surface area contributed by atoms with Gasteiger partial charge in [0.05, 0.1) is 18.0 Å². The maximum Gasteiger partial charge on any atom is 0.315 e. The second-order valence-electron chi connectivity index (χ2n) is 9.71. The van der Waals surface area contributed by atoms with Crippen LogP contribution in [0.3, 0.4) is 0 Å². The van der Waals surface area contributed by atoms with Crippen LogP contribution < -0.4 is 11.1 Å². The third-order valence-electron chi connectivity index (χ3n) is 7.30. The second kappa shape index (κ2) is 8.89. The van der Waals surface area contributed by atoms with Crippen molar-refractivity contribution in [1.29, 1.82) is 5.26 Å². The van der Waals surface area contributed by atoms with Gasteiger partial charge in [0.15, 0.2) is 0 Å². The summed E-state index contributed by atoms with van der Waals surface area (Å²) < 4.78 is 29.5. The van der Waals surface area contributed by atoms with E-state index < -0.39 is 41.8 Å². The van der Waals surface area contributed by atoms with E-state index in [9.17, 15) is 23.6 Å². The molecule has 0 bridgehead atoms. The highest BCUT2D eigenvalue weighted by atomic mass is 19.3. The fourth-order valence-corrected chi connectivity index (χ4v) is 5.46. The number of primary amides is 1. The van der Waals surface area contributed by atoms with E-state index in [1.807, 2.05) is 0 Å². The van der Waals surface area contributed by atoms with Crippen molar-refractivity contribution in [3.8, 4) is 6.07 Å². The Morgan fingerprint density at radius 3 is 2.35 bits per heavy atom. The first-order valence-corrected chi connectivity index (χ1v) is 11.5. The number of carbonyl (C=O) groups excluding carboxylic acids is 2. The number of nitrogens with two attached hydrogens (primary N) is 1. The van der Waals surface area contributed by atoms with Gasteiger partial charge < -0.3 is 20.9 Å². The van der Waals surface area contributed by atoms with Crippen LogP contribution in [-0.2, 0) is 4.79 Å². The molecule has 0 aromatic carbocycles. The molecule has 3 amide bonds. The van der Waals surface area contributed by atoms with Crippen molar-refractivity contribution in [3.63, 3.8) is 0 Å². The van der Waals surface area contributed by atoms with E-state index in [1.54, 1.807) is 6.92 Å².